The van der Waals surface area contributed by atoms with Crippen LogP contribution in [0.25, 0.3) is 11.1 Å². The topological polar surface area (TPSA) is 23.8 Å². The number of rotatable bonds is 1. The summed E-state index contributed by atoms with van der Waals surface area (Å²) in [6.45, 7) is 0. The maximum Gasteiger partial charge on any atom is 0.141 e. The fourth-order valence-corrected chi connectivity index (χ4v) is 1.59. The molecule has 0 unspecified atom stereocenters. The molecule has 2 aromatic rings. The number of halogens is 2. The van der Waals surface area contributed by atoms with Crippen molar-refractivity contribution in [3.05, 3.63) is 58.9 Å². The van der Waals surface area contributed by atoms with Crippen molar-refractivity contribution in [2.24, 2.45) is 0 Å². The van der Waals surface area contributed by atoms with E-state index in [0.29, 0.717) is 5.56 Å². The molecule has 1 nitrogen and oxygen atoms in total. The zero-order chi connectivity index (χ0) is 11.5. The van der Waals surface area contributed by atoms with Gasteiger partial charge in [-0.05, 0) is 35.4 Å². The Morgan fingerprint density at radius 3 is 2.19 bits per heavy atom. The van der Waals surface area contributed by atoms with Gasteiger partial charge in [-0.15, -0.1) is 0 Å². The Morgan fingerprint density at radius 1 is 1.00 bits per heavy atom. The van der Waals surface area contributed by atoms with Crippen LogP contribution in [-0.2, 0) is 0 Å². The van der Waals surface area contributed by atoms with E-state index in [-0.39, 0.29) is 5.02 Å². The van der Waals surface area contributed by atoms with E-state index in [1.54, 1.807) is 24.3 Å². The van der Waals surface area contributed by atoms with Crippen molar-refractivity contribution >= 4 is 11.6 Å². The molecular formula is C13H7ClFN. The second-order valence-electron chi connectivity index (χ2n) is 3.32. The highest BCUT2D eigenvalue weighted by atomic mass is 35.5. The number of nitriles is 1. The Balaban J connectivity index is 2.43. The summed E-state index contributed by atoms with van der Waals surface area (Å²) in [7, 11) is 0. The Labute approximate surface area is 97.7 Å². The molecule has 3 heteroatoms. The largest absolute Gasteiger partial charge is 0.205 e. The maximum atomic E-state index is 13.0. The third-order valence-corrected chi connectivity index (χ3v) is 2.56. The molecule has 2 rings (SSSR count). The van der Waals surface area contributed by atoms with E-state index in [0.717, 1.165) is 11.1 Å². The molecule has 0 aliphatic heterocycles. The molecule has 2 aromatic carbocycles. The molecule has 0 atom stereocenters. The maximum absolute atomic E-state index is 13.0. The third-order valence-electron chi connectivity index (χ3n) is 2.27. The van der Waals surface area contributed by atoms with Crippen molar-refractivity contribution < 1.29 is 4.39 Å². The Bertz CT molecular complexity index is 555. The van der Waals surface area contributed by atoms with Crippen LogP contribution in [0.2, 0.25) is 5.02 Å². The summed E-state index contributed by atoms with van der Waals surface area (Å²) in [5, 5.41) is 8.76. The molecule has 0 aliphatic rings. The second kappa shape index (κ2) is 4.34. The summed E-state index contributed by atoms with van der Waals surface area (Å²) in [5.74, 6) is -0.431. The Morgan fingerprint density at radius 2 is 1.62 bits per heavy atom. The van der Waals surface area contributed by atoms with Gasteiger partial charge in [-0.1, -0.05) is 29.8 Å². The monoisotopic (exact) mass is 231 g/mol. The summed E-state index contributed by atoms with van der Waals surface area (Å²) in [4.78, 5) is 0. The van der Waals surface area contributed by atoms with E-state index in [2.05, 4.69) is 0 Å². The lowest BCUT2D eigenvalue weighted by Crippen LogP contribution is -1.81. The molecule has 0 amide bonds. The minimum Gasteiger partial charge on any atom is -0.205 e. The van der Waals surface area contributed by atoms with Crippen molar-refractivity contribution in [2.45, 2.75) is 0 Å². The van der Waals surface area contributed by atoms with Gasteiger partial charge in [0.1, 0.15) is 5.82 Å². The van der Waals surface area contributed by atoms with E-state index >= 15 is 0 Å². The number of hydrogen-bond donors (Lipinski definition) is 0. The zero-order valence-corrected chi connectivity index (χ0v) is 9.00. The molecule has 78 valence electrons. The molecule has 0 spiro atoms. The van der Waals surface area contributed by atoms with Crippen LogP contribution in [0, 0.1) is 17.1 Å². The fourth-order valence-electron chi connectivity index (χ4n) is 1.41. The first-order valence-corrected chi connectivity index (χ1v) is 5.04. The number of hydrogen-bond acceptors (Lipinski definition) is 1. The highest BCUT2D eigenvalue weighted by molar-refractivity contribution is 6.31. The van der Waals surface area contributed by atoms with E-state index in [1.807, 2.05) is 18.2 Å². The molecular weight excluding hydrogens is 225 g/mol. The first kappa shape index (κ1) is 10.7. The van der Waals surface area contributed by atoms with Crippen LogP contribution in [0.4, 0.5) is 4.39 Å². The highest BCUT2D eigenvalue weighted by Crippen LogP contribution is 2.24. The van der Waals surface area contributed by atoms with Crippen molar-refractivity contribution in [1.29, 1.82) is 5.26 Å². The lowest BCUT2D eigenvalue weighted by atomic mass is 10.0. The molecule has 16 heavy (non-hydrogen) atoms. The van der Waals surface area contributed by atoms with E-state index in [1.165, 1.54) is 6.07 Å². The number of benzene rings is 2. The highest BCUT2D eigenvalue weighted by Gasteiger charge is 2.02. The van der Waals surface area contributed by atoms with E-state index < -0.39 is 5.82 Å². The minimum atomic E-state index is -0.431. The predicted molar refractivity (Wildman–Crippen MR) is 61.6 cm³/mol. The summed E-state index contributed by atoms with van der Waals surface area (Å²) in [6.07, 6.45) is 0. The summed E-state index contributed by atoms with van der Waals surface area (Å²) >= 11 is 5.69. The van der Waals surface area contributed by atoms with Gasteiger partial charge in [-0.25, -0.2) is 4.39 Å². The fraction of sp³-hybridized carbons (Fsp3) is 0. The van der Waals surface area contributed by atoms with Crippen LogP contribution in [-0.4, -0.2) is 0 Å². The normalized spacial score (nSPS) is 9.81. The second-order valence-corrected chi connectivity index (χ2v) is 3.73. The van der Waals surface area contributed by atoms with Crippen molar-refractivity contribution in [3.8, 4) is 17.2 Å². The molecule has 0 N–H and O–H groups in total. The third kappa shape index (κ3) is 2.05. The molecule has 0 heterocycles. The Kier molecular flexibility index (Phi) is 2.89. The molecule has 0 saturated carbocycles. The average molecular weight is 232 g/mol. The van der Waals surface area contributed by atoms with E-state index in [9.17, 15) is 4.39 Å². The van der Waals surface area contributed by atoms with Gasteiger partial charge in [0, 0.05) is 0 Å². The van der Waals surface area contributed by atoms with Crippen LogP contribution in [0.1, 0.15) is 5.56 Å². The van der Waals surface area contributed by atoms with Gasteiger partial charge in [0.05, 0.1) is 16.7 Å². The first-order chi connectivity index (χ1) is 7.70. The lowest BCUT2D eigenvalue weighted by Gasteiger charge is -2.02. The summed E-state index contributed by atoms with van der Waals surface area (Å²) in [5.41, 5.74) is 2.33. The van der Waals surface area contributed by atoms with Gasteiger partial charge in [0.25, 0.3) is 0 Å². The number of nitrogens with zero attached hydrogens (tertiary/aromatic N) is 1. The van der Waals surface area contributed by atoms with Crippen molar-refractivity contribution in [2.75, 3.05) is 0 Å². The summed E-state index contributed by atoms with van der Waals surface area (Å²) < 4.78 is 13.0. The Hall–Kier alpha value is -1.85. The quantitative estimate of drug-likeness (QED) is 0.727. The van der Waals surface area contributed by atoms with Gasteiger partial charge in [0.2, 0.25) is 0 Å². The molecule has 0 radical (unpaired) electrons. The predicted octanol–water partition coefficient (Wildman–Crippen LogP) is 4.02. The zero-order valence-electron chi connectivity index (χ0n) is 8.24. The smallest absolute Gasteiger partial charge is 0.141 e. The molecule has 0 saturated heterocycles. The van der Waals surface area contributed by atoms with Crippen LogP contribution < -0.4 is 0 Å². The molecule has 0 bridgehead atoms. The van der Waals surface area contributed by atoms with Gasteiger partial charge < -0.3 is 0 Å². The standard InChI is InChI=1S/C13H7ClFN/c14-12-7-11(5-6-13(12)15)10-3-1-9(8-16)2-4-10/h1-7H. The van der Waals surface area contributed by atoms with Gasteiger partial charge in [-0.3, -0.25) is 0 Å². The van der Waals surface area contributed by atoms with Crippen molar-refractivity contribution in [3.63, 3.8) is 0 Å². The molecule has 0 aromatic heterocycles. The van der Waals surface area contributed by atoms with Gasteiger partial charge in [0.15, 0.2) is 0 Å². The average Bonchev–Trinajstić information content (AvgIpc) is 2.33. The summed E-state index contributed by atoms with van der Waals surface area (Å²) in [6, 6.07) is 13.6. The van der Waals surface area contributed by atoms with Crippen LogP contribution in [0.15, 0.2) is 42.5 Å². The van der Waals surface area contributed by atoms with Crippen LogP contribution in [0.3, 0.4) is 0 Å². The SMILES string of the molecule is N#Cc1ccc(-c2ccc(F)c(Cl)c2)cc1. The van der Waals surface area contributed by atoms with Gasteiger partial charge in [-0.2, -0.15) is 5.26 Å². The van der Waals surface area contributed by atoms with Crippen molar-refractivity contribution in [1.82, 2.24) is 0 Å². The van der Waals surface area contributed by atoms with E-state index in [4.69, 9.17) is 16.9 Å². The van der Waals surface area contributed by atoms with Gasteiger partial charge >= 0.3 is 0 Å². The van der Waals surface area contributed by atoms with Crippen LogP contribution in [0.5, 0.6) is 0 Å². The molecule has 0 aliphatic carbocycles. The van der Waals surface area contributed by atoms with Crippen LogP contribution >= 0.6 is 11.6 Å². The minimum absolute atomic E-state index is 0.0989. The lowest BCUT2D eigenvalue weighted by molar-refractivity contribution is 0.628. The first-order valence-electron chi connectivity index (χ1n) is 4.66. The molecule has 0 fully saturated rings.